The van der Waals surface area contributed by atoms with Gasteiger partial charge in [-0.05, 0) is 48.6 Å². The standard InChI is InChI=1S/C20H21N3O2/c21-18-19(24-16-8-2-1-3-9-16)22-13-23-20(18)25-17-11-10-14-6-4-5-7-15(14)12-17/h4-7,10-13,16H,1-3,8-9,21H2. The van der Waals surface area contributed by atoms with Gasteiger partial charge in [-0.15, -0.1) is 0 Å². The van der Waals surface area contributed by atoms with Crippen molar-refractivity contribution in [1.82, 2.24) is 9.97 Å². The number of nitrogens with zero attached hydrogens (tertiary/aromatic N) is 2. The molecule has 1 aliphatic rings. The van der Waals surface area contributed by atoms with E-state index < -0.39 is 0 Å². The van der Waals surface area contributed by atoms with E-state index >= 15 is 0 Å². The minimum Gasteiger partial charge on any atom is -0.473 e. The Balaban J connectivity index is 1.56. The predicted molar refractivity (Wildman–Crippen MR) is 98.0 cm³/mol. The average molecular weight is 335 g/mol. The number of nitrogens with two attached hydrogens (primary N) is 1. The first kappa shape index (κ1) is 15.7. The van der Waals surface area contributed by atoms with Gasteiger partial charge in [-0.3, -0.25) is 0 Å². The van der Waals surface area contributed by atoms with E-state index in [0.29, 0.717) is 23.2 Å². The van der Waals surface area contributed by atoms with Crippen LogP contribution in [0.5, 0.6) is 17.5 Å². The lowest BCUT2D eigenvalue weighted by Gasteiger charge is -2.23. The summed E-state index contributed by atoms with van der Waals surface area (Å²) in [5.41, 5.74) is 6.53. The van der Waals surface area contributed by atoms with Crippen LogP contribution in [0.1, 0.15) is 32.1 Å². The van der Waals surface area contributed by atoms with Crippen molar-refractivity contribution in [3.63, 3.8) is 0 Å². The monoisotopic (exact) mass is 335 g/mol. The van der Waals surface area contributed by atoms with Gasteiger partial charge in [0.05, 0.1) is 0 Å². The molecule has 1 saturated carbocycles. The molecule has 2 aromatic carbocycles. The van der Waals surface area contributed by atoms with E-state index in [1.165, 1.54) is 25.6 Å². The maximum atomic E-state index is 6.19. The van der Waals surface area contributed by atoms with Crippen LogP contribution in [-0.2, 0) is 0 Å². The number of aromatic nitrogens is 2. The summed E-state index contributed by atoms with van der Waals surface area (Å²) in [5.74, 6) is 1.43. The summed E-state index contributed by atoms with van der Waals surface area (Å²) in [6, 6.07) is 14.0. The number of hydrogen-bond donors (Lipinski definition) is 1. The van der Waals surface area contributed by atoms with Gasteiger partial charge in [0, 0.05) is 0 Å². The molecule has 5 nitrogen and oxygen atoms in total. The number of anilines is 1. The van der Waals surface area contributed by atoms with Crippen LogP contribution in [-0.4, -0.2) is 16.1 Å². The SMILES string of the molecule is Nc1c(Oc2ccc3ccccc3c2)ncnc1OC1CCCCC1. The van der Waals surface area contributed by atoms with Crippen LogP contribution >= 0.6 is 0 Å². The molecule has 0 aliphatic heterocycles. The normalized spacial score (nSPS) is 15.2. The minimum absolute atomic E-state index is 0.180. The second kappa shape index (κ2) is 6.97. The second-order valence-corrected chi connectivity index (χ2v) is 6.39. The zero-order chi connectivity index (χ0) is 17.1. The van der Waals surface area contributed by atoms with E-state index in [4.69, 9.17) is 15.2 Å². The van der Waals surface area contributed by atoms with Crippen LogP contribution in [0.15, 0.2) is 48.8 Å². The molecule has 2 N–H and O–H groups in total. The molecular formula is C20H21N3O2. The minimum atomic E-state index is 0.180. The number of benzene rings is 2. The van der Waals surface area contributed by atoms with Crippen molar-refractivity contribution in [2.24, 2.45) is 0 Å². The van der Waals surface area contributed by atoms with Crippen LogP contribution in [0, 0.1) is 0 Å². The molecule has 0 unspecified atom stereocenters. The first-order valence-corrected chi connectivity index (χ1v) is 8.73. The fraction of sp³-hybridized carbons (Fsp3) is 0.300. The number of ether oxygens (including phenoxy) is 2. The van der Waals surface area contributed by atoms with E-state index in [9.17, 15) is 0 Å². The quantitative estimate of drug-likeness (QED) is 0.747. The molecule has 5 heteroatoms. The van der Waals surface area contributed by atoms with Crippen LogP contribution in [0.25, 0.3) is 10.8 Å². The zero-order valence-electron chi connectivity index (χ0n) is 14.0. The molecule has 0 amide bonds. The highest BCUT2D eigenvalue weighted by atomic mass is 16.5. The smallest absolute Gasteiger partial charge is 0.249 e. The topological polar surface area (TPSA) is 70.3 Å². The van der Waals surface area contributed by atoms with Gasteiger partial charge in [0.2, 0.25) is 11.8 Å². The average Bonchev–Trinajstić information content (AvgIpc) is 2.66. The van der Waals surface area contributed by atoms with E-state index in [1.54, 1.807) is 0 Å². The third-order valence-electron chi connectivity index (χ3n) is 4.58. The van der Waals surface area contributed by atoms with E-state index in [-0.39, 0.29) is 6.10 Å². The lowest BCUT2D eigenvalue weighted by molar-refractivity contribution is 0.149. The first-order chi connectivity index (χ1) is 12.3. The lowest BCUT2D eigenvalue weighted by atomic mass is 9.98. The number of rotatable bonds is 4. The van der Waals surface area contributed by atoms with Crippen LogP contribution in [0.2, 0.25) is 0 Å². The van der Waals surface area contributed by atoms with Crippen molar-refractivity contribution in [2.45, 2.75) is 38.2 Å². The Bertz CT molecular complexity index is 876. The number of fused-ring (bicyclic) bond motifs is 1. The van der Waals surface area contributed by atoms with Gasteiger partial charge in [0.15, 0.2) is 5.69 Å². The van der Waals surface area contributed by atoms with Crippen molar-refractivity contribution in [1.29, 1.82) is 0 Å². The van der Waals surface area contributed by atoms with Crippen molar-refractivity contribution in [2.75, 3.05) is 5.73 Å². The number of hydrogen-bond acceptors (Lipinski definition) is 5. The molecule has 0 radical (unpaired) electrons. The molecule has 3 aromatic rings. The summed E-state index contributed by atoms with van der Waals surface area (Å²) in [6.07, 6.45) is 7.36. The van der Waals surface area contributed by atoms with Crippen LogP contribution < -0.4 is 15.2 Å². The molecule has 0 bridgehead atoms. The molecule has 1 heterocycles. The van der Waals surface area contributed by atoms with Gasteiger partial charge < -0.3 is 15.2 Å². The highest BCUT2D eigenvalue weighted by Crippen LogP contribution is 2.33. The molecule has 0 saturated heterocycles. The molecule has 128 valence electrons. The summed E-state index contributed by atoms with van der Waals surface area (Å²) >= 11 is 0. The Morgan fingerprint density at radius 1 is 0.880 bits per heavy atom. The summed E-state index contributed by atoms with van der Waals surface area (Å²) in [5, 5.41) is 2.26. The van der Waals surface area contributed by atoms with Gasteiger partial charge in [0.25, 0.3) is 0 Å². The van der Waals surface area contributed by atoms with Crippen molar-refractivity contribution in [3.8, 4) is 17.5 Å². The van der Waals surface area contributed by atoms with Crippen molar-refractivity contribution in [3.05, 3.63) is 48.8 Å². The van der Waals surface area contributed by atoms with E-state index in [0.717, 1.165) is 23.6 Å². The Morgan fingerprint density at radius 2 is 1.64 bits per heavy atom. The third-order valence-corrected chi connectivity index (χ3v) is 4.58. The van der Waals surface area contributed by atoms with Gasteiger partial charge in [-0.2, -0.15) is 9.97 Å². The first-order valence-electron chi connectivity index (χ1n) is 8.73. The van der Waals surface area contributed by atoms with Crippen molar-refractivity contribution < 1.29 is 9.47 Å². The van der Waals surface area contributed by atoms with Gasteiger partial charge in [0.1, 0.15) is 18.2 Å². The van der Waals surface area contributed by atoms with Gasteiger partial charge >= 0.3 is 0 Å². The number of nitrogen functional groups attached to an aromatic ring is 1. The molecule has 0 spiro atoms. The van der Waals surface area contributed by atoms with Crippen LogP contribution in [0.4, 0.5) is 5.69 Å². The summed E-state index contributed by atoms with van der Waals surface area (Å²) < 4.78 is 11.9. The zero-order valence-corrected chi connectivity index (χ0v) is 14.0. The summed E-state index contributed by atoms with van der Waals surface area (Å²) in [6.45, 7) is 0. The maximum absolute atomic E-state index is 6.19. The predicted octanol–water partition coefficient (Wildman–Crippen LogP) is 4.72. The maximum Gasteiger partial charge on any atom is 0.249 e. The molecular weight excluding hydrogens is 314 g/mol. The second-order valence-electron chi connectivity index (χ2n) is 6.39. The van der Waals surface area contributed by atoms with E-state index in [1.807, 2.05) is 36.4 Å². The third kappa shape index (κ3) is 3.50. The lowest BCUT2D eigenvalue weighted by Crippen LogP contribution is -2.21. The Morgan fingerprint density at radius 3 is 2.48 bits per heavy atom. The highest BCUT2D eigenvalue weighted by molar-refractivity contribution is 5.83. The largest absolute Gasteiger partial charge is 0.473 e. The van der Waals surface area contributed by atoms with Crippen LogP contribution in [0.3, 0.4) is 0 Å². The van der Waals surface area contributed by atoms with Crippen molar-refractivity contribution >= 4 is 16.5 Å². The molecule has 25 heavy (non-hydrogen) atoms. The highest BCUT2D eigenvalue weighted by Gasteiger charge is 2.19. The fourth-order valence-corrected chi connectivity index (χ4v) is 3.22. The molecule has 0 atom stereocenters. The van der Waals surface area contributed by atoms with Gasteiger partial charge in [-0.1, -0.05) is 36.8 Å². The fourth-order valence-electron chi connectivity index (χ4n) is 3.22. The Hall–Kier alpha value is -2.82. The Labute approximate surface area is 146 Å². The Kier molecular flexibility index (Phi) is 4.37. The van der Waals surface area contributed by atoms with Gasteiger partial charge in [-0.25, -0.2) is 0 Å². The molecule has 1 aromatic heterocycles. The molecule has 1 aliphatic carbocycles. The van der Waals surface area contributed by atoms with E-state index in [2.05, 4.69) is 16.0 Å². The summed E-state index contributed by atoms with van der Waals surface area (Å²) in [7, 11) is 0. The molecule has 1 fully saturated rings. The summed E-state index contributed by atoms with van der Waals surface area (Å²) in [4.78, 5) is 8.36. The molecule has 4 rings (SSSR count).